The Kier molecular flexibility index (Phi) is 4.24. The second-order valence-corrected chi connectivity index (χ2v) is 6.13. The Bertz CT molecular complexity index is 825. The predicted octanol–water partition coefficient (Wildman–Crippen LogP) is 4.17. The molecule has 2 aromatic rings. The highest BCUT2D eigenvalue weighted by molar-refractivity contribution is 6.55. The van der Waals surface area contributed by atoms with Crippen LogP contribution in [0.5, 0.6) is 0 Å². The van der Waals surface area contributed by atoms with E-state index in [1.165, 1.54) is 0 Å². The van der Waals surface area contributed by atoms with Crippen molar-refractivity contribution in [1.82, 2.24) is 4.90 Å². The van der Waals surface area contributed by atoms with Gasteiger partial charge >= 0.3 is 0 Å². The van der Waals surface area contributed by atoms with Gasteiger partial charge in [-0.05, 0) is 24.1 Å². The second-order valence-electron chi connectivity index (χ2n) is 5.34. The number of nitrogens with zero attached hydrogens (tertiary/aromatic N) is 1. The SMILES string of the molecule is Cc1ccc(C2=C(Cl)C(=O)N(Cc3ccccc3Cl)C2=O)cc1. The second kappa shape index (κ2) is 6.19. The Hall–Kier alpha value is -2.10. The van der Waals surface area contributed by atoms with Crippen molar-refractivity contribution in [2.24, 2.45) is 0 Å². The molecular formula is C18H13Cl2NO2. The van der Waals surface area contributed by atoms with Crippen LogP contribution in [-0.2, 0) is 16.1 Å². The molecule has 1 aliphatic rings. The fourth-order valence-corrected chi connectivity index (χ4v) is 2.94. The molecule has 5 heteroatoms. The third-order valence-electron chi connectivity index (χ3n) is 3.74. The lowest BCUT2D eigenvalue weighted by Crippen LogP contribution is -2.30. The maximum absolute atomic E-state index is 12.6. The predicted molar refractivity (Wildman–Crippen MR) is 91.0 cm³/mol. The Morgan fingerprint density at radius 1 is 0.913 bits per heavy atom. The minimum Gasteiger partial charge on any atom is -0.269 e. The van der Waals surface area contributed by atoms with Crippen LogP contribution in [-0.4, -0.2) is 16.7 Å². The first-order valence-corrected chi connectivity index (χ1v) is 7.81. The number of halogens is 2. The van der Waals surface area contributed by atoms with Gasteiger partial charge in [0.2, 0.25) is 0 Å². The van der Waals surface area contributed by atoms with E-state index in [1.54, 1.807) is 30.3 Å². The minimum absolute atomic E-state index is 0.0501. The molecule has 23 heavy (non-hydrogen) atoms. The van der Waals surface area contributed by atoms with E-state index < -0.39 is 11.8 Å². The molecule has 0 unspecified atom stereocenters. The molecule has 0 aromatic heterocycles. The molecule has 0 saturated carbocycles. The quantitative estimate of drug-likeness (QED) is 0.783. The van der Waals surface area contributed by atoms with E-state index in [9.17, 15) is 9.59 Å². The van der Waals surface area contributed by atoms with E-state index >= 15 is 0 Å². The van der Waals surface area contributed by atoms with Crippen molar-refractivity contribution in [2.45, 2.75) is 13.5 Å². The van der Waals surface area contributed by atoms with Crippen molar-refractivity contribution in [3.8, 4) is 0 Å². The molecule has 1 heterocycles. The van der Waals surface area contributed by atoms with Crippen LogP contribution in [0.4, 0.5) is 0 Å². The zero-order valence-electron chi connectivity index (χ0n) is 12.3. The van der Waals surface area contributed by atoms with Crippen LogP contribution >= 0.6 is 23.2 Å². The normalized spacial score (nSPS) is 14.8. The standard InChI is InChI=1S/C18H13Cl2NO2/c1-11-6-8-12(9-7-11)15-16(20)18(23)21(17(15)22)10-13-4-2-3-5-14(13)19/h2-9H,10H2,1H3. The number of benzene rings is 2. The highest BCUT2D eigenvalue weighted by Crippen LogP contribution is 2.33. The van der Waals surface area contributed by atoms with Crippen LogP contribution < -0.4 is 0 Å². The van der Waals surface area contributed by atoms with Crippen LogP contribution in [0.15, 0.2) is 53.6 Å². The van der Waals surface area contributed by atoms with Gasteiger partial charge in [-0.25, -0.2) is 0 Å². The molecule has 3 rings (SSSR count). The van der Waals surface area contributed by atoms with E-state index in [-0.39, 0.29) is 17.2 Å². The molecule has 2 aromatic carbocycles. The van der Waals surface area contributed by atoms with E-state index in [0.717, 1.165) is 10.5 Å². The summed E-state index contributed by atoms with van der Waals surface area (Å²) in [7, 11) is 0. The molecule has 0 bridgehead atoms. The molecule has 0 radical (unpaired) electrons. The Balaban J connectivity index is 1.93. The first-order valence-electron chi connectivity index (χ1n) is 7.05. The number of hydrogen-bond acceptors (Lipinski definition) is 2. The number of carbonyl (C=O) groups excluding carboxylic acids is 2. The molecule has 2 amide bonds. The third-order valence-corrected chi connectivity index (χ3v) is 4.46. The van der Waals surface area contributed by atoms with E-state index in [1.807, 2.05) is 25.1 Å². The van der Waals surface area contributed by atoms with Gasteiger partial charge < -0.3 is 0 Å². The minimum atomic E-state index is -0.493. The van der Waals surface area contributed by atoms with Gasteiger partial charge in [0.15, 0.2) is 0 Å². The van der Waals surface area contributed by atoms with Crippen LogP contribution in [0.3, 0.4) is 0 Å². The summed E-state index contributed by atoms with van der Waals surface area (Å²) < 4.78 is 0. The smallest absolute Gasteiger partial charge is 0.269 e. The molecule has 0 saturated heterocycles. The number of hydrogen-bond donors (Lipinski definition) is 0. The van der Waals surface area contributed by atoms with Crippen molar-refractivity contribution in [2.75, 3.05) is 0 Å². The lowest BCUT2D eigenvalue weighted by molar-refractivity contribution is -0.137. The summed E-state index contributed by atoms with van der Waals surface area (Å²) in [5.74, 6) is -0.893. The van der Waals surface area contributed by atoms with Crippen molar-refractivity contribution < 1.29 is 9.59 Å². The molecular weight excluding hydrogens is 333 g/mol. The van der Waals surface area contributed by atoms with Crippen molar-refractivity contribution in [3.63, 3.8) is 0 Å². The van der Waals surface area contributed by atoms with Crippen LogP contribution in [0, 0.1) is 6.92 Å². The number of aryl methyl sites for hydroxylation is 1. The molecule has 3 nitrogen and oxygen atoms in total. The molecule has 116 valence electrons. The highest BCUT2D eigenvalue weighted by atomic mass is 35.5. The summed E-state index contributed by atoms with van der Waals surface area (Å²) in [5, 5.41) is 0.457. The first kappa shape index (κ1) is 15.8. The zero-order chi connectivity index (χ0) is 16.6. The van der Waals surface area contributed by atoms with Gasteiger partial charge in [-0.3, -0.25) is 14.5 Å². The largest absolute Gasteiger partial charge is 0.273 e. The average molecular weight is 346 g/mol. The number of rotatable bonds is 3. The maximum Gasteiger partial charge on any atom is 0.273 e. The van der Waals surface area contributed by atoms with Gasteiger partial charge in [0.25, 0.3) is 11.8 Å². The summed E-state index contributed by atoms with van der Waals surface area (Å²) in [6.07, 6.45) is 0. The molecule has 0 spiro atoms. The molecule has 0 atom stereocenters. The van der Waals surface area contributed by atoms with Gasteiger partial charge in [0.05, 0.1) is 12.1 Å². The van der Waals surface area contributed by atoms with Crippen molar-refractivity contribution in [1.29, 1.82) is 0 Å². The average Bonchev–Trinajstić information content (AvgIpc) is 2.74. The molecule has 0 fully saturated rings. The third kappa shape index (κ3) is 2.90. The van der Waals surface area contributed by atoms with Gasteiger partial charge in [0, 0.05) is 5.02 Å². The van der Waals surface area contributed by atoms with Crippen molar-refractivity contribution in [3.05, 3.63) is 75.3 Å². The topological polar surface area (TPSA) is 37.4 Å². The lowest BCUT2D eigenvalue weighted by atomic mass is 10.0. The number of carbonyl (C=O) groups is 2. The van der Waals surface area contributed by atoms with E-state index in [0.29, 0.717) is 16.1 Å². The molecule has 0 N–H and O–H groups in total. The summed E-state index contributed by atoms with van der Waals surface area (Å²) in [5.41, 5.74) is 2.64. The van der Waals surface area contributed by atoms with Crippen LogP contribution in [0.25, 0.3) is 5.57 Å². The Morgan fingerprint density at radius 2 is 1.57 bits per heavy atom. The van der Waals surface area contributed by atoms with Gasteiger partial charge in [-0.1, -0.05) is 71.2 Å². The summed E-state index contributed by atoms with van der Waals surface area (Å²) in [6.45, 7) is 2.05. The fraction of sp³-hybridized carbons (Fsp3) is 0.111. The number of amides is 2. The van der Waals surface area contributed by atoms with E-state index in [4.69, 9.17) is 23.2 Å². The van der Waals surface area contributed by atoms with E-state index in [2.05, 4.69) is 0 Å². The van der Waals surface area contributed by atoms with Gasteiger partial charge in [-0.2, -0.15) is 0 Å². The number of imide groups is 1. The Morgan fingerprint density at radius 3 is 2.22 bits per heavy atom. The van der Waals surface area contributed by atoms with Crippen LogP contribution in [0.2, 0.25) is 5.02 Å². The van der Waals surface area contributed by atoms with Gasteiger partial charge in [-0.15, -0.1) is 0 Å². The van der Waals surface area contributed by atoms with Crippen LogP contribution in [0.1, 0.15) is 16.7 Å². The molecule has 1 aliphatic heterocycles. The maximum atomic E-state index is 12.6. The van der Waals surface area contributed by atoms with Gasteiger partial charge in [0.1, 0.15) is 5.03 Å². The lowest BCUT2D eigenvalue weighted by Gasteiger charge is -2.15. The highest BCUT2D eigenvalue weighted by Gasteiger charge is 2.38. The summed E-state index contributed by atoms with van der Waals surface area (Å²) in [6, 6.07) is 14.4. The van der Waals surface area contributed by atoms with Crippen molar-refractivity contribution >= 4 is 40.6 Å². The molecule has 0 aliphatic carbocycles. The summed E-state index contributed by atoms with van der Waals surface area (Å²) in [4.78, 5) is 26.1. The fourth-order valence-electron chi connectivity index (χ4n) is 2.46. The zero-order valence-corrected chi connectivity index (χ0v) is 13.9. The Labute approximate surface area is 144 Å². The summed E-state index contributed by atoms with van der Waals surface area (Å²) >= 11 is 12.2. The first-order chi connectivity index (χ1) is 11.0. The monoisotopic (exact) mass is 345 g/mol.